The maximum atomic E-state index is 12.3. The Bertz CT molecular complexity index is 462. The van der Waals surface area contributed by atoms with Crippen LogP contribution in [0.5, 0.6) is 5.75 Å². The van der Waals surface area contributed by atoms with E-state index in [-0.39, 0.29) is 11.3 Å². The first-order chi connectivity index (χ1) is 10.1. The third kappa shape index (κ3) is 4.21. The average molecular weight is 290 g/mol. The van der Waals surface area contributed by atoms with Gasteiger partial charge in [-0.25, -0.2) is 0 Å². The molecular weight excluding hydrogens is 264 g/mol. The van der Waals surface area contributed by atoms with Gasteiger partial charge in [-0.2, -0.15) is 0 Å². The maximum absolute atomic E-state index is 12.3. The van der Waals surface area contributed by atoms with Gasteiger partial charge >= 0.3 is 0 Å². The maximum Gasteiger partial charge on any atom is 0.222 e. The first kappa shape index (κ1) is 15.8. The molecule has 2 N–H and O–H groups in total. The van der Waals surface area contributed by atoms with Crippen molar-refractivity contribution in [1.82, 2.24) is 4.90 Å². The topological polar surface area (TPSA) is 55.6 Å². The van der Waals surface area contributed by atoms with Gasteiger partial charge in [0.05, 0.1) is 7.11 Å². The molecular formula is C17H26N2O2. The van der Waals surface area contributed by atoms with Gasteiger partial charge in [0.15, 0.2) is 0 Å². The van der Waals surface area contributed by atoms with Gasteiger partial charge in [0, 0.05) is 19.5 Å². The Kier molecular flexibility index (Phi) is 5.23. The normalized spacial score (nSPS) is 17.6. The molecule has 0 aromatic heterocycles. The fourth-order valence-electron chi connectivity index (χ4n) is 2.70. The smallest absolute Gasteiger partial charge is 0.222 e. The number of hydrogen-bond acceptors (Lipinski definition) is 3. The minimum absolute atomic E-state index is 0.215. The summed E-state index contributed by atoms with van der Waals surface area (Å²) in [6.07, 6.45) is 3.38. The Morgan fingerprint density at radius 1 is 1.29 bits per heavy atom. The third-order valence-corrected chi connectivity index (χ3v) is 4.60. The number of likely N-dealkylation sites (tertiary alicyclic amines) is 1. The second-order valence-electron chi connectivity index (χ2n) is 6.24. The SMILES string of the molecule is COc1ccc(CCC(=O)N2CCC(C)(CN)CC2)cc1. The van der Waals surface area contributed by atoms with Gasteiger partial charge in [0.25, 0.3) is 0 Å². The van der Waals surface area contributed by atoms with Crippen molar-refractivity contribution >= 4 is 5.91 Å². The van der Waals surface area contributed by atoms with E-state index in [1.807, 2.05) is 29.2 Å². The minimum atomic E-state index is 0.215. The molecule has 0 bridgehead atoms. The highest BCUT2D eigenvalue weighted by Gasteiger charge is 2.30. The summed E-state index contributed by atoms with van der Waals surface area (Å²) in [6.45, 7) is 4.61. The number of nitrogens with two attached hydrogens (primary N) is 1. The Labute approximate surface area is 127 Å². The van der Waals surface area contributed by atoms with E-state index in [2.05, 4.69) is 6.92 Å². The summed E-state index contributed by atoms with van der Waals surface area (Å²) in [7, 11) is 1.66. The van der Waals surface area contributed by atoms with Gasteiger partial charge in [0.2, 0.25) is 5.91 Å². The van der Waals surface area contributed by atoms with Crippen LogP contribution in [0.4, 0.5) is 0 Å². The number of aryl methyl sites for hydroxylation is 1. The van der Waals surface area contributed by atoms with Crippen LogP contribution in [-0.2, 0) is 11.2 Å². The fourth-order valence-corrected chi connectivity index (χ4v) is 2.70. The molecule has 21 heavy (non-hydrogen) atoms. The Hall–Kier alpha value is -1.55. The van der Waals surface area contributed by atoms with Crippen LogP contribution in [0.15, 0.2) is 24.3 Å². The molecule has 1 aromatic carbocycles. The van der Waals surface area contributed by atoms with E-state index in [0.29, 0.717) is 13.0 Å². The van der Waals surface area contributed by atoms with Crippen molar-refractivity contribution in [3.05, 3.63) is 29.8 Å². The summed E-state index contributed by atoms with van der Waals surface area (Å²) < 4.78 is 5.13. The summed E-state index contributed by atoms with van der Waals surface area (Å²) in [5.41, 5.74) is 7.19. The van der Waals surface area contributed by atoms with Crippen LogP contribution in [-0.4, -0.2) is 37.6 Å². The monoisotopic (exact) mass is 290 g/mol. The number of piperidine rings is 1. The molecule has 1 aliphatic rings. The zero-order chi connectivity index (χ0) is 15.3. The lowest BCUT2D eigenvalue weighted by atomic mass is 9.80. The number of rotatable bonds is 5. The first-order valence-corrected chi connectivity index (χ1v) is 7.67. The number of ether oxygens (including phenoxy) is 1. The minimum Gasteiger partial charge on any atom is -0.497 e. The highest BCUT2D eigenvalue weighted by Crippen LogP contribution is 2.29. The molecule has 0 aliphatic carbocycles. The number of carbonyl (C=O) groups excluding carboxylic acids is 1. The number of carbonyl (C=O) groups is 1. The van der Waals surface area contributed by atoms with Gasteiger partial charge in [0.1, 0.15) is 5.75 Å². The molecule has 0 atom stereocenters. The molecule has 0 saturated carbocycles. The van der Waals surface area contributed by atoms with E-state index in [9.17, 15) is 4.79 Å². The Morgan fingerprint density at radius 3 is 2.43 bits per heavy atom. The standard InChI is InChI=1S/C17H26N2O2/c1-17(13-18)9-11-19(12-10-17)16(20)8-5-14-3-6-15(21-2)7-4-14/h3-4,6-7H,5,8-13,18H2,1-2H3. The van der Waals surface area contributed by atoms with Crippen LogP contribution in [0.25, 0.3) is 0 Å². The van der Waals surface area contributed by atoms with Crippen molar-refractivity contribution in [2.24, 2.45) is 11.1 Å². The molecule has 1 fully saturated rings. The van der Waals surface area contributed by atoms with E-state index in [1.54, 1.807) is 7.11 Å². The van der Waals surface area contributed by atoms with Crippen LogP contribution in [0.3, 0.4) is 0 Å². The van der Waals surface area contributed by atoms with Crippen LogP contribution in [0.1, 0.15) is 31.7 Å². The molecule has 2 rings (SSSR count). The predicted molar refractivity (Wildman–Crippen MR) is 84.3 cm³/mol. The largest absolute Gasteiger partial charge is 0.497 e. The highest BCUT2D eigenvalue weighted by molar-refractivity contribution is 5.76. The van der Waals surface area contributed by atoms with Crippen LogP contribution in [0, 0.1) is 5.41 Å². The summed E-state index contributed by atoms with van der Waals surface area (Å²) >= 11 is 0. The molecule has 0 spiro atoms. The molecule has 1 amide bonds. The molecule has 4 nitrogen and oxygen atoms in total. The molecule has 1 heterocycles. The van der Waals surface area contributed by atoms with Crippen LogP contribution >= 0.6 is 0 Å². The molecule has 1 saturated heterocycles. The predicted octanol–water partition coefficient (Wildman–Crippen LogP) is 2.22. The Morgan fingerprint density at radius 2 is 1.90 bits per heavy atom. The summed E-state index contributed by atoms with van der Waals surface area (Å²) in [4.78, 5) is 14.3. The van der Waals surface area contributed by atoms with Gasteiger partial charge in [-0.05, 0) is 48.9 Å². The van der Waals surface area contributed by atoms with Crippen molar-refractivity contribution in [1.29, 1.82) is 0 Å². The zero-order valence-corrected chi connectivity index (χ0v) is 13.1. The molecule has 0 unspecified atom stereocenters. The second kappa shape index (κ2) is 6.94. The van der Waals surface area contributed by atoms with Crippen molar-refractivity contribution < 1.29 is 9.53 Å². The van der Waals surface area contributed by atoms with Crippen molar-refractivity contribution in [3.63, 3.8) is 0 Å². The lowest BCUT2D eigenvalue weighted by Crippen LogP contribution is -2.44. The number of amides is 1. The summed E-state index contributed by atoms with van der Waals surface area (Å²) in [6, 6.07) is 7.92. The van der Waals surface area contributed by atoms with Crippen molar-refractivity contribution in [2.75, 3.05) is 26.7 Å². The molecule has 0 radical (unpaired) electrons. The van der Waals surface area contributed by atoms with Crippen LogP contribution < -0.4 is 10.5 Å². The zero-order valence-electron chi connectivity index (χ0n) is 13.1. The van der Waals surface area contributed by atoms with Gasteiger partial charge in [-0.15, -0.1) is 0 Å². The van der Waals surface area contributed by atoms with E-state index in [1.165, 1.54) is 5.56 Å². The number of methoxy groups -OCH3 is 1. The fraction of sp³-hybridized carbons (Fsp3) is 0.588. The average Bonchev–Trinajstić information content (AvgIpc) is 2.54. The van der Waals surface area contributed by atoms with Gasteiger partial charge in [-0.1, -0.05) is 19.1 Å². The van der Waals surface area contributed by atoms with E-state index in [4.69, 9.17) is 10.5 Å². The van der Waals surface area contributed by atoms with Gasteiger partial charge in [-0.3, -0.25) is 4.79 Å². The van der Waals surface area contributed by atoms with Crippen LogP contribution in [0.2, 0.25) is 0 Å². The van der Waals surface area contributed by atoms with E-state index >= 15 is 0 Å². The Balaban J connectivity index is 1.79. The molecule has 116 valence electrons. The third-order valence-electron chi connectivity index (χ3n) is 4.60. The summed E-state index contributed by atoms with van der Waals surface area (Å²) in [5, 5.41) is 0. The molecule has 4 heteroatoms. The van der Waals surface area contributed by atoms with E-state index in [0.717, 1.165) is 38.1 Å². The first-order valence-electron chi connectivity index (χ1n) is 7.67. The van der Waals surface area contributed by atoms with Crippen molar-refractivity contribution in [2.45, 2.75) is 32.6 Å². The summed E-state index contributed by atoms with van der Waals surface area (Å²) in [5.74, 6) is 1.10. The second-order valence-corrected chi connectivity index (χ2v) is 6.24. The van der Waals surface area contributed by atoms with Gasteiger partial charge < -0.3 is 15.4 Å². The molecule has 1 aromatic rings. The lowest BCUT2D eigenvalue weighted by Gasteiger charge is -2.38. The number of nitrogens with zero attached hydrogens (tertiary/aromatic N) is 1. The number of hydrogen-bond donors (Lipinski definition) is 1. The lowest BCUT2D eigenvalue weighted by molar-refractivity contribution is -0.133. The quantitative estimate of drug-likeness (QED) is 0.904. The number of benzene rings is 1. The molecule has 1 aliphatic heterocycles. The van der Waals surface area contributed by atoms with E-state index < -0.39 is 0 Å². The van der Waals surface area contributed by atoms with Crippen molar-refractivity contribution in [3.8, 4) is 5.75 Å². The highest BCUT2D eigenvalue weighted by atomic mass is 16.5.